The summed E-state index contributed by atoms with van der Waals surface area (Å²) in [5.74, 6) is 2.20. The highest BCUT2D eigenvalue weighted by molar-refractivity contribution is 7.92. The summed E-state index contributed by atoms with van der Waals surface area (Å²) < 4.78 is 16.2. The Labute approximate surface area is 217 Å². The summed E-state index contributed by atoms with van der Waals surface area (Å²) in [7, 11) is -2.34. The van der Waals surface area contributed by atoms with Crippen LogP contribution in [0, 0.1) is 11.3 Å². The number of nitriles is 1. The van der Waals surface area contributed by atoms with Crippen LogP contribution >= 0.6 is 0 Å². The van der Waals surface area contributed by atoms with Crippen LogP contribution < -0.4 is 10.6 Å². The Morgan fingerprint density at radius 2 is 1.97 bits per heavy atom. The molecule has 9 nitrogen and oxygen atoms in total. The lowest BCUT2D eigenvalue weighted by atomic mass is 9.77. The van der Waals surface area contributed by atoms with Crippen LogP contribution in [-0.2, 0) is 22.7 Å². The lowest BCUT2D eigenvalue weighted by Gasteiger charge is -2.39. The van der Waals surface area contributed by atoms with Gasteiger partial charge in [0.2, 0.25) is 5.95 Å². The highest BCUT2D eigenvalue weighted by Crippen LogP contribution is 2.43. The van der Waals surface area contributed by atoms with Crippen LogP contribution in [0.25, 0.3) is 0 Å². The van der Waals surface area contributed by atoms with Crippen LogP contribution in [0.5, 0.6) is 0 Å². The minimum Gasteiger partial charge on any atom is -0.324 e. The van der Waals surface area contributed by atoms with Gasteiger partial charge in [-0.2, -0.15) is 14.6 Å². The Hall–Kier alpha value is -3.55. The maximum absolute atomic E-state index is 12.1. The summed E-state index contributed by atoms with van der Waals surface area (Å²) in [5.41, 5.74) is 5.70. The number of anilines is 4. The molecule has 3 heterocycles. The van der Waals surface area contributed by atoms with E-state index in [2.05, 4.69) is 53.1 Å². The van der Waals surface area contributed by atoms with Gasteiger partial charge in [0.1, 0.15) is 17.5 Å². The van der Waals surface area contributed by atoms with Crippen LogP contribution in [0.15, 0.2) is 40.9 Å². The van der Waals surface area contributed by atoms with E-state index in [0.717, 1.165) is 24.7 Å². The van der Waals surface area contributed by atoms with Gasteiger partial charge in [-0.25, -0.2) is 14.2 Å². The van der Waals surface area contributed by atoms with Gasteiger partial charge in [0.25, 0.3) is 0 Å². The van der Waals surface area contributed by atoms with Crippen molar-refractivity contribution >= 4 is 38.8 Å². The predicted octanol–water partition coefficient (Wildman–Crippen LogP) is 4.99. The zero-order valence-electron chi connectivity index (χ0n) is 21.1. The summed E-state index contributed by atoms with van der Waals surface area (Å²) in [6.07, 6.45) is 10.9. The van der Waals surface area contributed by atoms with Crippen molar-refractivity contribution in [2.45, 2.75) is 50.6 Å². The quantitative estimate of drug-likeness (QED) is 0.472. The predicted molar refractivity (Wildman–Crippen MR) is 145 cm³/mol. The van der Waals surface area contributed by atoms with Gasteiger partial charge < -0.3 is 10.6 Å². The van der Waals surface area contributed by atoms with Crippen molar-refractivity contribution in [3.63, 3.8) is 0 Å². The summed E-state index contributed by atoms with van der Waals surface area (Å²) in [4.78, 5) is 16.0. The third-order valence-electron chi connectivity index (χ3n) is 7.11. The number of nitrogens with one attached hydrogen (secondary N) is 2. The first-order chi connectivity index (χ1) is 17.8. The minimum atomic E-state index is -2.34. The van der Waals surface area contributed by atoms with Crippen LogP contribution in [-0.4, -0.2) is 49.2 Å². The van der Waals surface area contributed by atoms with Crippen molar-refractivity contribution < 1.29 is 4.21 Å². The monoisotopic (exact) mass is 514 g/mol. The van der Waals surface area contributed by atoms with Gasteiger partial charge in [0.15, 0.2) is 11.6 Å². The van der Waals surface area contributed by atoms with Gasteiger partial charge >= 0.3 is 0 Å². The number of nitrogens with zero attached hydrogens (tertiary/aromatic N) is 6. The first-order valence-corrected chi connectivity index (χ1v) is 15.0. The molecular weight excluding hydrogens is 484 g/mol. The molecule has 0 spiro atoms. The molecule has 2 aliphatic carbocycles. The third-order valence-corrected chi connectivity index (χ3v) is 7.74. The average molecular weight is 515 g/mol. The molecule has 0 unspecified atom stereocenters. The third kappa shape index (κ3) is 5.29. The summed E-state index contributed by atoms with van der Waals surface area (Å²) in [5, 5.41) is 16.1. The molecule has 37 heavy (non-hydrogen) atoms. The number of hydrogen-bond donors (Lipinski definition) is 2. The number of rotatable bonds is 6. The van der Waals surface area contributed by atoms with Gasteiger partial charge in [-0.05, 0) is 79.0 Å². The lowest BCUT2D eigenvalue weighted by Crippen LogP contribution is -2.37. The van der Waals surface area contributed by atoms with Gasteiger partial charge in [0.05, 0.1) is 6.20 Å². The zero-order chi connectivity index (χ0) is 25.6. The van der Waals surface area contributed by atoms with Crippen molar-refractivity contribution in [3.8, 4) is 6.07 Å². The van der Waals surface area contributed by atoms with Gasteiger partial charge in [-0.1, -0.05) is 6.07 Å². The first-order valence-electron chi connectivity index (χ1n) is 12.7. The largest absolute Gasteiger partial charge is 0.324 e. The van der Waals surface area contributed by atoms with Crippen LogP contribution in [0.4, 0.5) is 29.1 Å². The second kappa shape index (κ2) is 9.39. The van der Waals surface area contributed by atoms with E-state index in [-0.39, 0.29) is 0 Å². The fourth-order valence-electron chi connectivity index (χ4n) is 5.50. The summed E-state index contributed by atoms with van der Waals surface area (Å²) in [6.45, 7) is 2.20. The Morgan fingerprint density at radius 3 is 2.76 bits per heavy atom. The normalized spacial score (nSPS) is 19.0. The average Bonchev–Trinajstić information content (AvgIpc) is 3.69. The smallest absolute Gasteiger partial charge is 0.229 e. The molecule has 1 aliphatic heterocycles. The molecule has 3 aromatic rings. The number of aromatic nitrogens is 3. The van der Waals surface area contributed by atoms with E-state index in [0.29, 0.717) is 34.9 Å². The minimum absolute atomic E-state index is 0.299. The molecule has 0 radical (unpaired) electrons. The molecule has 1 atom stereocenters. The van der Waals surface area contributed by atoms with Crippen LogP contribution in [0.2, 0.25) is 0 Å². The molecule has 2 N–H and O–H groups in total. The van der Waals surface area contributed by atoms with Crippen molar-refractivity contribution in [1.29, 1.82) is 5.26 Å². The lowest BCUT2D eigenvalue weighted by molar-refractivity contribution is 0.210. The van der Waals surface area contributed by atoms with E-state index in [1.54, 1.807) is 36.3 Å². The Balaban J connectivity index is 1.28. The molecule has 190 valence electrons. The second-order valence-corrected chi connectivity index (χ2v) is 13.0. The number of benzene rings is 1. The molecule has 0 amide bonds. The second-order valence-electron chi connectivity index (χ2n) is 10.4. The summed E-state index contributed by atoms with van der Waals surface area (Å²) in [6, 6.07) is 12.6. The zero-order valence-corrected chi connectivity index (χ0v) is 21.9. The first kappa shape index (κ1) is 23.8. The van der Waals surface area contributed by atoms with Gasteiger partial charge in [-0.3, -0.25) is 4.90 Å². The standard InChI is InChI=1S/C27H30N8OS/c1-37(2,36)34-24-8-4-7-23(31-24)32-26-20(13-28)14-29-27(33-26)30-21-11-17-5-3-6-18-15-35(22-9-10-22)16-19(12-21)25(17)18/h4,7-8,11-12,14,18,22H,3,5-6,9-10,15-16H2,1-2H3,(H2,29,30,31,32,33)/t18-/m0/s1. The highest BCUT2D eigenvalue weighted by Gasteiger charge is 2.37. The van der Waals surface area contributed by atoms with Gasteiger partial charge in [-0.15, -0.1) is 0 Å². The fraction of sp³-hybridized carbons (Fsp3) is 0.407. The van der Waals surface area contributed by atoms with E-state index in [1.165, 1.54) is 49.6 Å². The van der Waals surface area contributed by atoms with Crippen LogP contribution in [0.1, 0.15) is 53.9 Å². The fourth-order valence-corrected chi connectivity index (χ4v) is 6.05. The highest BCUT2D eigenvalue weighted by atomic mass is 32.2. The topological polar surface area (TPSA) is 119 Å². The molecule has 1 fully saturated rings. The molecule has 0 saturated heterocycles. The van der Waals surface area contributed by atoms with E-state index in [4.69, 9.17) is 0 Å². The van der Waals surface area contributed by atoms with Crippen molar-refractivity contribution in [1.82, 2.24) is 19.9 Å². The molecule has 1 saturated carbocycles. The molecule has 1 aromatic carbocycles. The molecule has 3 aliphatic rings. The Bertz CT molecular complexity index is 1530. The SMILES string of the molecule is CS(C)(=O)=Nc1cccc(Nc2nc(Nc3cc4c5c(c3)CN(C3CC3)C[C@@H]5CCC4)ncc2C#N)n1. The Morgan fingerprint density at radius 1 is 1.14 bits per heavy atom. The van der Waals surface area contributed by atoms with E-state index >= 15 is 0 Å². The molecule has 0 bridgehead atoms. The number of aryl methyl sites for hydroxylation is 1. The summed E-state index contributed by atoms with van der Waals surface area (Å²) >= 11 is 0. The molecule has 6 rings (SSSR count). The van der Waals surface area contributed by atoms with Gasteiger partial charge in [0, 0.05) is 47.1 Å². The maximum Gasteiger partial charge on any atom is 0.229 e. The molecule has 10 heteroatoms. The van der Waals surface area contributed by atoms with Crippen molar-refractivity contribution in [2.75, 3.05) is 29.7 Å². The maximum atomic E-state index is 12.1. The van der Waals surface area contributed by atoms with Crippen molar-refractivity contribution in [2.24, 2.45) is 4.36 Å². The van der Waals surface area contributed by atoms with E-state index < -0.39 is 9.73 Å². The van der Waals surface area contributed by atoms with E-state index in [9.17, 15) is 9.47 Å². The molecular formula is C27H30N8OS. The number of pyridine rings is 1. The molecule has 2 aromatic heterocycles. The van der Waals surface area contributed by atoms with Crippen LogP contribution in [0.3, 0.4) is 0 Å². The van der Waals surface area contributed by atoms with E-state index in [1.807, 2.05) is 0 Å². The Kier molecular flexibility index (Phi) is 6.05. The van der Waals surface area contributed by atoms with Crippen molar-refractivity contribution in [3.05, 3.63) is 58.8 Å². The number of hydrogen-bond acceptors (Lipinski definition) is 9.